The summed E-state index contributed by atoms with van der Waals surface area (Å²) >= 11 is 0. The molecule has 2 radical (unpaired) electrons. The van der Waals surface area contributed by atoms with E-state index in [1.54, 1.807) is 0 Å². The van der Waals surface area contributed by atoms with Crippen LogP contribution in [0.3, 0.4) is 0 Å². The molecule has 418 valence electrons. The Bertz CT molecular complexity index is 2390. The molecule has 8 N–H and O–H groups in total. The topological polar surface area (TPSA) is 347 Å². The van der Waals surface area contributed by atoms with Crippen LogP contribution in [0.5, 0.6) is 0 Å². The Morgan fingerprint density at radius 1 is 0.333 bits per heavy atom. The van der Waals surface area contributed by atoms with Gasteiger partial charge in [0.05, 0.1) is 26.2 Å². The summed E-state index contributed by atoms with van der Waals surface area (Å²) in [5.74, 6) is -5.96. The summed E-state index contributed by atoms with van der Waals surface area (Å²) in [6.07, 6.45) is 2.85. The average Bonchev–Trinajstić information content (AvgIpc) is 4.23. The number of imide groups is 4. The normalized spacial score (nSPS) is 17.7. The third kappa shape index (κ3) is 19.7. The summed E-state index contributed by atoms with van der Waals surface area (Å²) in [5.41, 5.74) is 4.02. The second kappa shape index (κ2) is 31.7. The summed E-state index contributed by atoms with van der Waals surface area (Å²) in [7, 11) is 0. The van der Waals surface area contributed by atoms with E-state index in [-0.39, 0.29) is 114 Å². The molecule has 8 rings (SSSR count). The molecule has 78 heavy (non-hydrogen) atoms. The third-order valence-electron chi connectivity index (χ3n) is 11.9. The smallest absolute Gasteiger partial charge is 0.328 e. The van der Waals surface area contributed by atoms with Gasteiger partial charge in [-0.15, -0.1) is 0 Å². The van der Waals surface area contributed by atoms with Crippen molar-refractivity contribution in [1.82, 2.24) is 40.9 Å². The Hall–Kier alpha value is -8.23. The standard InChI is InChI=1S/4C13H14N2O4.2Rh/c4*16-11(7-6-9-4-2-1-3-5-9)15-8-10(12(17)18)14-13(15)19;;/h4*1-5,10H,6-8H2,(H,14,19)(H,17,18);;/t4*10-;;/m1111../s1. The van der Waals surface area contributed by atoms with Crippen molar-refractivity contribution in [3.8, 4) is 0 Å². The Labute approximate surface area is 472 Å². The van der Waals surface area contributed by atoms with Gasteiger partial charge in [-0.3, -0.25) is 38.8 Å². The van der Waals surface area contributed by atoms with Gasteiger partial charge in [0.15, 0.2) is 0 Å². The number of carboxylic acids is 4. The van der Waals surface area contributed by atoms with Crippen LogP contribution in [0.1, 0.15) is 47.9 Å². The molecule has 4 aromatic carbocycles. The SMILES string of the molecule is O=C(O)[C@H]1CN(C(=O)CCc2ccccc2)C(=O)N1.O=C(O)[C@H]1CN(C(=O)CCc2ccccc2)C(=O)N1.O=C(O)[C@H]1CN(C(=O)CCc2ccccc2)C(=O)N1.O=C(O)[C@H]1CN(C(=O)CCc2ccccc2)C(=O)N1.[Rh].[Rh]. The maximum Gasteiger partial charge on any atom is 0.328 e. The summed E-state index contributed by atoms with van der Waals surface area (Å²) < 4.78 is 0. The molecule has 4 atom stereocenters. The van der Waals surface area contributed by atoms with E-state index in [0.717, 1.165) is 41.9 Å². The number of carboxylic acid groups (broad SMARTS) is 4. The van der Waals surface area contributed by atoms with Gasteiger partial charge in [0.2, 0.25) is 23.6 Å². The zero-order valence-corrected chi connectivity index (χ0v) is 44.8. The molecule has 0 aliphatic carbocycles. The van der Waals surface area contributed by atoms with E-state index in [4.69, 9.17) is 20.4 Å². The van der Waals surface area contributed by atoms with Gasteiger partial charge >= 0.3 is 48.0 Å². The molecular formula is C52H56N8O16Rh2. The van der Waals surface area contributed by atoms with Gasteiger partial charge in [0.25, 0.3) is 0 Å². The van der Waals surface area contributed by atoms with Crippen LogP contribution in [-0.4, -0.2) is 162 Å². The number of aryl methyl sites for hydroxylation is 4. The first-order valence-corrected chi connectivity index (χ1v) is 23.8. The summed E-state index contributed by atoms with van der Waals surface area (Å²) in [5, 5.41) is 44.1. The summed E-state index contributed by atoms with van der Waals surface area (Å²) in [6.45, 7) is -0.437. The van der Waals surface area contributed by atoms with Crippen LogP contribution in [0, 0.1) is 0 Å². The minimum absolute atomic E-state index is 0. The number of amides is 12. The number of benzene rings is 4. The fraction of sp³-hybridized carbons (Fsp3) is 0.308. The first-order chi connectivity index (χ1) is 36.3. The number of nitrogens with zero attached hydrogens (tertiary/aromatic N) is 4. The second-order valence-corrected chi connectivity index (χ2v) is 17.3. The molecule has 4 aliphatic rings. The molecule has 4 aliphatic heterocycles. The quantitative estimate of drug-likeness (QED) is 0.0747. The first kappa shape index (κ1) is 64.1. The Morgan fingerprint density at radius 2 is 0.500 bits per heavy atom. The van der Waals surface area contributed by atoms with Crippen LogP contribution in [0.4, 0.5) is 19.2 Å². The van der Waals surface area contributed by atoms with Crippen molar-refractivity contribution in [2.24, 2.45) is 0 Å². The van der Waals surface area contributed by atoms with Crippen molar-refractivity contribution in [3.63, 3.8) is 0 Å². The number of rotatable bonds is 16. The van der Waals surface area contributed by atoms with Crippen LogP contribution in [0.15, 0.2) is 121 Å². The minimum atomic E-state index is -1.13. The van der Waals surface area contributed by atoms with Gasteiger partial charge in [-0.05, 0) is 47.9 Å². The van der Waals surface area contributed by atoms with Gasteiger partial charge in [-0.1, -0.05) is 121 Å². The van der Waals surface area contributed by atoms with Crippen LogP contribution >= 0.6 is 0 Å². The molecule has 4 heterocycles. The fourth-order valence-corrected chi connectivity index (χ4v) is 7.70. The molecule has 4 saturated heterocycles. The molecule has 0 unspecified atom stereocenters. The number of hydrogen-bond donors (Lipinski definition) is 8. The third-order valence-corrected chi connectivity index (χ3v) is 11.9. The average molecular weight is 1250 g/mol. The van der Waals surface area contributed by atoms with Crippen LogP contribution in [0.25, 0.3) is 0 Å². The molecule has 4 aromatic rings. The van der Waals surface area contributed by atoms with E-state index in [1.165, 1.54) is 0 Å². The summed E-state index contributed by atoms with van der Waals surface area (Å²) in [6, 6.07) is 31.2. The maximum atomic E-state index is 11.9. The first-order valence-electron chi connectivity index (χ1n) is 23.8. The molecule has 4 fully saturated rings. The van der Waals surface area contributed by atoms with E-state index in [9.17, 15) is 57.5 Å². The van der Waals surface area contributed by atoms with Gasteiger partial charge in [0.1, 0.15) is 24.2 Å². The van der Waals surface area contributed by atoms with Crippen molar-refractivity contribution in [2.75, 3.05) is 26.2 Å². The Kier molecular flexibility index (Phi) is 26.1. The fourth-order valence-electron chi connectivity index (χ4n) is 7.70. The number of urea groups is 4. The Morgan fingerprint density at radius 3 is 0.641 bits per heavy atom. The molecule has 0 spiro atoms. The van der Waals surface area contributed by atoms with Gasteiger partial charge in [-0.2, -0.15) is 0 Å². The van der Waals surface area contributed by atoms with Crippen LogP contribution < -0.4 is 21.3 Å². The van der Waals surface area contributed by atoms with Gasteiger partial charge < -0.3 is 41.7 Å². The molecule has 0 saturated carbocycles. The molecule has 0 bridgehead atoms. The Balaban J connectivity index is 0.000000271. The van der Waals surface area contributed by atoms with E-state index >= 15 is 0 Å². The largest absolute Gasteiger partial charge is 0.480 e. The zero-order valence-electron chi connectivity index (χ0n) is 41.5. The van der Waals surface area contributed by atoms with Gasteiger partial charge in [0, 0.05) is 64.6 Å². The second-order valence-electron chi connectivity index (χ2n) is 17.3. The van der Waals surface area contributed by atoms with Crippen LogP contribution in [0.2, 0.25) is 0 Å². The van der Waals surface area contributed by atoms with E-state index in [0.29, 0.717) is 25.7 Å². The molecular weight excluding hydrogens is 1200 g/mol. The van der Waals surface area contributed by atoms with Crippen molar-refractivity contribution in [2.45, 2.75) is 75.5 Å². The van der Waals surface area contributed by atoms with Crippen molar-refractivity contribution >= 4 is 71.6 Å². The molecule has 0 aromatic heterocycles. The van der Waals surface area contributed by atoms with Crippen molar-refractivity contribution in [3.05, 3.63) is 144 Å². The number of nitrogens with one attached hydrogen (secondary N) is 4. The zero-order chi connectivity index (χ0) is 55.3. The van der Waals surface area contributed by atoms with Crippen molar-refractivity contribution in [1.29, 1.82) is 0 Å². The molecule has 24 nitrogen and oxygen atoms in total. The predicted octanol–water partition coefficient (Wildman–Crippen LogP) is 2.49. The molecule has 12 amide bonds. The summed E-state index contributed by atoms with van der Waals surface area (Å²) in [4.78, 5) is 140. The predicted molar refractivity (Wildman–Crippen MR) is 266 cm³/mol. The number of carbonyl (C=O) groups excluding carboxylic acids is 8. The monoisotopic (exact) mass is 1250 g/mol. The van der Waals surface area contributed by atoms with Crippen molar-refractivity contribution < 1.29 is 117 Å². The minimum Gasteiger partial charge on any atom is -0.480 e. The molecule has 26 heteroatoms. The van der Waals surface area contributed by atoms with E-state index in [2.05, 4.69) is 21.3 Å². The van der Waals surface area contributed by atoms with Crippen LogP contribution in [-0.2, 0) is 103 Å². The van der Waals surface area contributed by atoms with E-state index < -0.39 is 72.2 Å². The number of aliphatic carboxylic acids is 4. The number of carbonyl (C=O) groups is 12. The number of hydrogen-bond acceptors (Lipinski definition) is 12. The van der Waals surface area contributed by atoms with E-state index in [1.807, 2.05) is 121 Å². The maximum absolute atomic E-state index is 11.9. The van der Waals surface area contributed by atoms with Gasteiger partial charge in [-0.25, -0.2) is 38.4 Å².